The van der Waals surface area contributed by atoms with Crippen LogP contribution in [0.3, 0.4) is 0 Å². The zero-order valence-electron chi connectivity index (χ0n) is 8.18. The minimum absolute atomic E-state index is 0.0996. The molecule has 5 heteroatoms. The lowest BCUT2D eigenvalue weighted by atomic mass is 10.2. The molecule has 0 aliphatic heterocycles. The van der Waals surface area contributed by atoms with Crippen LogP contribution in [-0.2, 0) is 0 Å². The van der Waals surface area contributed by atoms with Crippen LogP contribution in [0.2, 0.25) is 5.02 Å². The van der Waals surface area contributed by atoms with Crippen molar-refractivity contribution in [3.05, 3.63) is 46.2 Å². The third-order valence-electron chi connectivity index (χ3n) is 1.69. The molecule has 1 rings (SSSR count). The Morgan fingerprint density at radius 2 is 1.88 bits per heavy atom. The highest BCUT2D eigenvalue weighted by Crippen LogP contribution is 2.08. The van der Waals surface area contributed by atoms with Crippen molar-refractivity contribution in [2.45, 2.75) is 0 Å². The number of hydrogen-bond donors (Lipinski definition) is 1. The molecule has 0 heterocycles. The summed E-state index contributed by atoms with van der Waals surface area (Å²) < 4.78 is 0. The van der Waals surface area contributed by atoms with Crippen LogP contribution in [0, 0.1) is 22.7 Å². The molecule has 0 saturated heterocycles. The van der Waals surface area contributed by atoms with Gasteiger partial charge in [0.05, 0.1) is 0 Å². The second-order valence-corrected chi connectivity index (χ2v) is 3.23. The zero-order valence-corrected chi connectivity index (χ0v) is 8.94. The smallest absolute Gasteiger partial charge is 0.174 e. The van der Waals surface area contributed by atoms with Crippen molar-refractivity contribution in [2.75, 3.05) is 0 Å². The first-order valence-corrected chi connectivity index (χ1v) is 4.64. The Morgan fingerprint density at radius 1 is 1.25 bits per heavy atom. The Labute approximate surface area is 97.9 Å². The Morgan fingerprint density at radius 3 is 2.38 bits per heavy atom. The average Bonchev–Trinajstić information content (AvgIpc) is 2.31. The lowest BCUT2D eigenvalue weighted by Crippen LogP contribution is -1.97. The number of rotatable bonds is 2. The van der Waals surface area contributed by atoms with Crippen LogP contribution < -0.4 is 5.73 Å². The molecule has 0 fully saturated rings. The highest BCUT2D eigenvalue weighted by molar-refractivity contribution is 6.30. The number of hydrogen-bond acceptors (Lipinski definition) is 4. The van der Waals surface area contributed by atoms with Gasteiger partial charge in [-0.15, -0.1) is 0 Å². The normalized spacial score (nSPS) is 11.7. The average molecular weight is 231 g/mol. The van der Waals surface area contributed by atoms with Crippen molar-refractivity contribution in [3.63, 3.8) is 0 Å². The summed E-state index contributed by atoms with van der Waals surface area (Å²) in [5, 5.41) is 17.8. The molecule has 0 aliphatic carbocycles. The summed E-state index contributed by atoms with van der Waals surface area (Å²) in [5.74, 6) is 0. The fourth-order valence-electron chi connectivity index (χ4n) is 0.900. The standard InChI is InChI=1S/C11H7ClN4/c12-9-3-1-8(2-4-9)7-16-11(6-14)10(15)5-13/h1-4,7H,15H2/b11-10-,16-7?. The van der Waals surface area contributed by atoms with Crippen LogP contribution in [0.25, 0.3) is 0 Å². The number of halogens is 1. The van der Waals surface area contributed by atoms with E-state index < -0.39 is 0 Å². The second-order valence-electron chi connectivity index (χ2n) is 2.80. The van der Waals surface area contributed by atoms with Crippen molar-refractivity contribution in [3.8, 4) is 12.1 Å². The molecule has 4 nitrogen and oxygen atoms in total. The summed E-state index contributed by atoms with van der Waals surface area (Å²) in [6.45, 7) is 0. The third-order valence-corrected chi connectivity index (χ3v) is 1.95. The molecule has 16 heavy (non-hydrogen) atoms. The summed E-state index contributed by atoms with van der Waals surface area (Å²) >= 11 is 5.71. The van der Waals surface area contributed by atoms with Gasteiger partial charge >= 0.3 is 0 Å². The molecule has 78 valence electrons. The number of benzene rings is 1. The SMILES string of the molecule is N#C/C(N)=C(\C#N)N=Cc1ccc(Cl)cc1. The largest absolute Gasteiger partial charge is 0.388 e. The first-order valence-electron chi connectivity index (χ1n) is 4.27. The molecule has 0 aliphatic rings. The lowest BCUT2D eigenvalue weighted by Gasteiger charge is -1.93. The number of allylic oxidation sites excluding steroid dienone is 2. The molecule has 0 saturated carbocycles. The van der Waals surface area contributed by atoms with Crippen LogP contribution in [0.4, 0.5) is 0 Å². The molecule has 0 bridgehead atoms. The molecule has 0 unspecified atom stereocenters. The number of nitriles is 2. The predicted molar refractivity (Wildman–Crippen MR) is 61.5 cm³/mol. The predicted octanol–water partition coefficient (Wildman–Crippen LogP) is 1.98. The summed E-state index contributed by atoms with van der Waals surface area (Å²) in [4.78, 5) is 3.82. The molecular weight excluding hydrogens is 224 g/mol. The van der Waals surface area contributed by atoms with Crippen LogP contribution >= 0.6 is 11.6 Å². The van der Waals surface area contributed by atoms with E-state index in [2.05, 4.69) is 4.99 Å². The van der Waals surface area contributed by atoms with Gasteiger partial charge in [-0.05, 0) is 17.7 Å². The van der Waals surface area contributed by atoms with Gasteiger partial charge in [0.2, 0.25) is 0 Å². The fourth-order valence-corrected chi connectivity index (χ4v) is 1.03. The molecular formula is C11H7ClN4. The summed E-state index contributed by atoms with van der Waals surface area (Å²) in [7, 11) is 0. The van der Waals surface area contributed by atoms with E-state index >= 15 is 0 Å². The van der Waals surface area contributed by atoms with Gasteiger partial charge in [-0.2, -0.15) is 10.5 Å². The van der Waals surface area contributed by atoms with Crippen molar-refractivity contribution in [1.29, 1.82) is 10.5 Å². The minimum atomic E-state index is -0.201. The summed E-state index contributed by atoms with van der Waals surface area (Å²) in [6.07, 6.45) is 1.44. The lowest BCUT2D eigenvalue weighted by molar-refractivity contribution is 1.27. The third kappa shape index (κ3) is 3.13. The van der Waals surface area contributed by atoms with Gasteiger partial charge in [0.15, 0.2) is 5.70 Å². The number of aliphatic imine (C=N–C) groups is 1. The molecule has 0 radical (unpaired) electrons. The van der Waals surface area contributed by atoms with Gasteiger partial charge in [-0.3, -0.25) is 0 Å². The van der Waals surface area contributed by atoms with Crippen LogP contribution in [-0.4, -0.2) is 6.21 Å². The van der Waals surface area contributed by atoms with Gasteiger partial charge in [-0.1, -0.05) is 23.7 Å². The summed E-state index contributed by atoms with van der Waals surface area (Å²) in [5.41, 5.74) is 5.74. The Hall–Kier alpha value is -2.30. The maximum atomic E-state index is 8.68. The van der Waals surface area contributed by atoms with Crippen LogP contribution in [0.5, 0.6) is 0 Å². The van der Waals surface area contributed by atoms with Crippen molar-refractivity contribution < 1.29 is 0 Å². The highest BCUT2D eigenvalue weighted by Gasteiger charge is 1.98. The van der Waals surface area contributed by atoms with E-state index in [9.17, 15) is 0 Å². The monoisotopic (exact) mass is 230 g/mol. The van der Waals surface area contributed by atoms with E-state index in [0.717, 1.165) is 5.56 Å². The molecule has 1 aromatic rings. The number of nitrogens with zero attached hydrogens (tertiary/aromatic N) is 3. The van der Waals surface area contributed by atoms with E-state index in [4.69, 9.17) is 27.9 Å². The molecule has 0 spiro atoms. The summed E-state index contributed by atoms with van der Waals surface area (Å²) in [6, 6.07) is 10.3. The van der Waals surface area contributed by atoms with Crippen molar-refractivity contribution in [1.82, 2.24) is 0 Å². The van der Waals surface area contributed by atoms with E-state index in [1.54, 1.807) is 36.4 Å². The van der Waals surface area contributed by atoms with Gasteiger partial charge < -0.3 is 5.73 Å². The molecule has 1 aromatic carbocycles. The minimum Gasteiger partial charge on any atom is -0.388 e. The molecule has 0 amide bonds. The van der Waals surface area contributed by atoms with Crippen LogP contribution in [0.1, 0.15) is 5.56 Å². The first kappa shape index (κ1) is 11.8. The van der Waals surface area contributed by atoms with Crippen molar-refractivity contribution in [2.24, 2.45) is 10.7 Å². The van der Waals surface area contributed by atoms with Gasteiger partial charge in [0.25, 0.3) is 0 Å². The highest BCUT2D eigenvalue weighted by atomic mass is 35.5. The van der Waals surface area contributed by atoms with E-state index in [1.165, 1.54) is 6.21 Å². The number of nitrogens with two attached hydrogens (primary N) is 1. The maximum absolute atomic E-state index is 8.68. The fraction of sp³-hybridized carbons (Fsp3) is 0. The van der Waals surface area contributed by atoms with E-state index in [0.29, 0.717) is 5.02 Å². The first-order chi connectivity index (χ1) is 7.67. The quantitative estimate of drug-likeness (QED) is 0.623. The van der Waals surface area contributed by atoms with Crippen LogP contribution in [0.15, 0.2) is 40.7 Å². The second kappa shape index (κ2) is 5.55. The van der Waals surface area contributed by atoms with Gasteiger partial charge in [0, 0.05) is 11.2 Å². The van der Waals surface area contributed by atoms with E-state index in [-0.39, 0.29) is 11.4 Å². The zero-order chi connectivity index (χ0) is 12.0. The van der Waals surface area contributed by atoms with Gasteiger partial charge in [0.1, 0.15) is 17.8 Å². The van der Waals surface area contributed by atoms with Crippen molar-refractivity contribution >= 4 is 17.8 Å². The van der Waals surface area contributed by atoms with E-state index in [1.807, 2.05) is 0 Å². The topological polar surface area (TPSA) is 86.0 Å². The van der Waals surface area contributed by atoms with Gasteiger partial charge in [-0.25, -0.2) is 4.99 Å². The Bertz CT molecular complexity index is 514. The maximum Gasteiger partial charge on any atom is 0.174 e. The molecule has 0 atom stereocenters. The molecule has 0 aromatic heterocycles. The molecule has 2 N–H and O–H groups in total. The Balaban J connectivity index is 2.94. The Kier molecular flexibility index (Phi) is 4.08.